The van der Waals surface area contributed by atoms with Crippen LogP contribution in [0.2, 0.25) is 0 Å². The van der Waals surface area contributed by atoms with Gasteiger partial charge in [0.25, 0.3) is 0 Å². The van der Waals surface area contributed by atoms with Gasteiger partial charge < -0.3 is 14.6 Å². The Morgan fingerprint density at radius 1 is 1.12 bits per heavy atom. The van der Waals surface area contributed by atoms with Gasteiger partial charge in [-0.25, -0.2) is 0 Å². The van der Waals surface area contributed by atoms with Gasteiger partial charge in [0.05, 0.1) is 19.3 Å². The monoisotopic (exact) mass is 240 g/mol. The topological polar surface area (TPSA) is 38.7 Å². The highest BCUT2D eigenvalue weighted by Gasteiger charge is 2.57. The molecular formula is C14H24O3. The second-order valence-electron chi connectivity index (χ2n) is 6.36. The first-order chi connectivity index (χ1) is 8.08. The minimum Gasteiger partial charge on any atom is -0.393 e. The fourth-order valence-corrected chi connectivity index (χ4v) is 4.47. The van der Waals surface area contributed by atoms with Crippen molar-refractivity contribution in [1.29, 1.82) is 0 Å². The molecule has 17 heavy (non-hydrogen) atoms. The van der Waals surface area contributed by atoms with Crippen molar-refractivity contribution in [3.05, 3.63) is 0 Å². The zero-order valence-electron chi connectivity index (χ0n) is 10.9. The molecule has 98 valence electrons. The molecule has 3 aliphatic rings. The molecule has 3 fully saturated rings. The van der Waals surface area contributed by atoms with Crippen LogP contribution in [0.15, 0.2) is 0 Å². The van der Waals surface area contributed by atoms with E-state index in [0.717, 1.165) is 38.9 Å². The predicted molar refractivity (Wildman–Crippen MR) is 64.5 cm³/mol. The van der Waals surface area contributed by atoms with Gasteiger partial charge >= 0.3 is 0 Å². The van der Waals surface area contributed by atoms with E-state index in [9.17, 15) is 5.11 Å². The molecule has 3 rings (SSSR count). The molecule has 4 atom stereocenters. The van der Waals surface area contributed by atoms with Crippen LogP contribution < -0.4 is 0 Å². The van der Waals surface area contributed by atoms with Crippen molar-refractivity contribution in [3.63, 3.8) is 0 Å². The van der Waals surface area contributed by atoms with Gasteiger partial charge in [0.2, 0.25) is 0 Å². The summed E-state index contributed by atoms with van der Waals surface area (Å²) in [5.74, 6) is 0.609. The predicted octanol–water partition coefficient (Wildman–Crippen LogP) is 2.33. The van der Waals surface area contributed by atoms with E-state index in [-0.39, 0.29) is 17.3 Å². The molecule has 0 bridgehead atoms. The second-order valence-corrected chi connectivity index (χ2v) is 6.36. The van der Waals surface area contributed by atoms with Crippen molar-refractivity contribution in [2.45, 2.75) is 57.8 Å². The summed E-state index contributed by atoms with van der Waals surface area (Å²) >= 11 is 0. The molecule has 3 nitrogen and oxygen atoms in total. The van der Waals surface area contributed by atoms with Gasteiger partial charge in [-0.05, 0) is 30.6 Å². The Hall–Kier alpha value is -0.120. The highest BCUT2D eigenvalue weighted by Crippen LogP contribution is 2.57. The van der Waals surface area contributed by atoms with Crippen molar-refractivity contribution < 1.29 is 14.6 Å². The summed E-state index contributed by atoms with van der Waals surface area (Å²) in [4.78, 5) is 0. The van der Waals surface area contributed by atoms with Crippen LogP contribution in [0.3, 0.4) is 0 Å². The molecule has 2 aliphatic carbocycles. The molecule has 0 aromatic heterocycles. The Bertz CT molecular complexity index is 298. The molecule has 3 heteroatoms. The molecule has 0 radical (unpaired) electrons. The van der Waals surface area contributed by atoms with Gasteiger partial charge in [-0.15, -0.1) is 0 Å². The van der Waals surface area contributed by atoms with Gasteiger partial charge in [0.1, 0.15) is 0 Å². The lowest BCUT2D eigenvalue weighted by Gasteiger charge is -2.56. The van der Waals surface area contributed by atoms with Crippen LogP contribution in [-0.4, -0.2) is 30.2 Å². The fraction of sp³-hybridized carbons (Fsp3) is 1.00. The van der Waals surface area contributed by atoms with Crippen LogP contribution in [0, 0.1) is 17.3 Å². The van der Waals surface area contributed by atoms with Crippen LogP contribution in [0.1, 0.15) is 46.0 Å². The zero-order chi connectivity index (χ0) is 12.1. The van der Waals surface area contributed by atoms with Crippen molar-refractivity contribution in [3.8, 4) is 0 Å². The average Bonchev–Trinajstić information content (AvgIpc) is 2.78. The van der Waals surface area contributed by atoms with Gasteiger partial charge in [-0.2, -0.15) is 0 Å². The van der Waals surface area contributed by atoms with Crippen LogP contribution in [0.4, 0.5) is 0 Å². The molecule has 1 spiro atoms. The Labute approximate surface area is 103 Å². The number of ether oxygens (including phenoxy) is 2. The Balaban J connectivity index is 1.88. The molecule has 0 unspecified atom stereocenters. The lowest BCUT2D eigenvalue weighted by molar-refractivity contribution is -0.258. The average molecular weight is 240 g/mol. The van der Waals surface area contributed by atoms with E-state index >= 15 is 0 Å². The van der Waals surface area contributed by atoms with Crippen molar-refractivity contribution >= 4 is 0 Å². The largest absolute Gasteiger partial charge is 0.393 e. The Kier molecular flexibility index (Phi) is 2.77. The SMILES string of the molecule is C[C@H]1[C@@H]2CCC[C@H](O)[C@@]2(C)CCC12OCCO2. The highest BCUT2D eigenvalue weighted by atomic mass is 16.7. The van der Waals surface area contributed by atoms with Gasteiger partial charge in [0, 0.05) is 12.3 Å². The molecule has 2 saturated carbocycles. The van der Waals surface area contributed by atoms with Crippen molar-refractivity contribution in [1.82, 2.24) is 0 Å². The van der Waals surface area contributed by atoms with E-state index in [2.05, 4.69) is 13.8 Å². The molecule has 1 aliphatic heterocycles. The molecule has 1 heterocycles. The van der Waals surface area contributed by atoms with Crippen molar-refractivity contribution in [2.75, 3.05) is 13.2 Å². The summed E-state index contributed by atoms with van der Waals surface area (Å²) in [6, 6.07) is 0. The number of rotatable bonds is 0. The maximum absolute atomic E-state index is 10.3. The zero-order valence-corrected chi connectivity index (χ0v) is 10.9. The van der Waals surface area contributed by atoms with E-state index in [4.69, 9.17) is 9.47 Å². The van der Waals surface area contributed by atoms with Crippen molar-refractivity contribution in [2.24, 2.45) is 17.3 Å². The Morgan fingerprint density at radius 3 is 2.53 bits per heavy atom. The minimum absolute atomic E-state index is 0.0816. The third kappa shape index (κ3) is 1.59. The molecular weight excluding hydrogens is 216 g/mol. The summed E-state index contributed by atoms with van der Waals surface area (Å²) in [5.41, 5.74) is 0.0816. The number of aliphatic hydroxyl groups is 1. The third-order valence-corrected chi connectivity index (χ3v) is 5.69. The smallest absolute Gasteiger partial charge is 0.171 e. The lowest BCUT2D eigenvalue weighted by Crippen LogP contribution is -2.56. The quantitative estimate of drug-likeness (QED) is 0.706. The molecule has 0 amide bonds. The third-order valence-electron chi connectivity index (χ3n) is 5.69. The number of fused-ring (bicyclic) bond motifs is 1. The van der Waals surface area contributed by atoms with E-state index in [1.54, 1.807) is 0 Å². The molecule has 0 aromatic rings. The maximum Gasteiger partial charge on any atom is 0.171 e. The van der Waals surface area contributed by atoms with E-state index < -0.39 is 0 Å². The van der Waals surface area contributed by atoms with Crippen LogP contribution in [0.5, 0.6) is 0 Å². The molecule has 1 saturated heterocycles. The first-order valence-electron chi connectivity index (χ1n) is 7.04. The highest BCUT2D eigenvalue weighted by molar-refractivity contribution is 5.03. The summed E-state index contributed by atoms with van der Waals surface area (Å²) in [6.07, 6.45) is 5.16. The van der Waals surface area contributed by atoms with Gasteiger partial charge in [-0.3, -0.25) is 0 Å². The van der Waals surface area contributed by atoms with Crippen LogP contribution >= 0.6 is 0 Å². The number of aliphatic hydroxyl groups excluding tert-OH is 1. The second kappa shape index (κ2) is 3.94. The van der Waals surface area contributed by atoms with E-state index in [1.165, 1.54) is 6.42 Å². The van der Waals surface area contributed by atoms with Gasteiger partial charge in [0.15, 0.2) is 5.79 Å². The summed E-state index contributed by atoms with van der Waals surface area (Å²) in [5, 5.41) is 10.3. The van der Waals surface area contributed by atoms with E-state index in [0.29, 0.717) is 11.8 Å². The first-order valence-corrected chi connectivity index (χ1v) is 7.04. The van der Waals surface area contributed by atoms with Crippen LogP contribution in [-0.2, 0) is 9.47 Å². The summed E-state index contributed by atoms with van der Waals surface area (Å²) < 4.78 is 11.8. The van der Waals surface area contributed by atoms with Gasteiger partial charge in [-0.1, -0.05) is 20.3 Å². The fourth-order valence-electron chi connectivity index (χ4n) is 4.47. The summed E-state index contributed by atoms with van der Waals surface area (Å²) in [7, 11) is 0. The number of hydrogen-bond acceptors (Lipinski definition) is 3. The normalized spacial score (nSPS) is 49.2. The first kappa shape index (κ1) is 11.9. The number of hydrogen-bond donors (Lipinski definition) is 1. The minimum atomic E-state index is -0.332. The van der Waals surface area contributed by atoms with E-state index in [1.807, 2.05) is 0 Å². The molecule has 0 aromatic carbocycles. The standard InChI is InChI=1S/C14H24O3/c1-10-11-4-3-5-12(15)13(11,2)6-7-14(10)16-8-9-17-14/h10-12,15H,3-9H2,1-2H3/t10-,11-,12-,13-/m0/s1. The molecule has 1 N–H and O–H groups in total. The van der Waals surface area contributed by atoms with Crippen LogP contribution in [0.25, 0.3) is 0 Å². The summed E-state index contributed by atoms with van der Waals surface area (Å²) in [6.45, 7) is 5.98. The lowest BCUT2D eigenvalue weighted by atomic mass is 9.54. The maximum atomic E-state index is 10.3. The Morgan fingerprint density at radius 2 is 1.82 bits per heavy atom.